The van der Waals surface area contributed by atoms with Gasteiger partial charge in [0.2, 0.25) is 0 Å². The van der Waals surface area contributed by atoms with E-state index in [9.17, 15) is 0 Å². The van der Waals surface area contributed by atoms with Crippen molar-refractivity contribution in [1.82, 2.24) is 0 Å². The van der Waals surface area contributed by atoms with Crippen LogP contribution in [0.3, 0.4) is 0 Å². The fourth-order valence-electron chi connectivity index (χ4n) is 8.83. The second-order valence-electron chi connectivity index (χ2n) is 17.0. The fraction of sp³-hybridized carbons (Fsp3) is 0.590. The van der Waals surface area contributed by atoms with Crippen molar-refractivity contribution < 1.29 is 51.0 Å². The quantitative estimate of drug-likeness (QED) is 0.391. The molecular formula is C39H52Cl2Zr. The van der Waals surface area contributed by atoms with Crippen molar-refractivity contribution >= 4 is 0 Å². The van der Waals surface area contributed by atoms with Crippen LogP contribution >= 0.6 is 0 Å². The molecule has 4 aliphatic rings. The topological polar surface area (TPSA) is 0 Å². The summed E-state index contributed by atoms with van der Waals surface area (Å²) in [7, 11) is 0. The standard InChI is InChI=1S/C39H52.2ClH.Zr/c1-23-12-17-33-29(18-23)30-21-26(38(8,9)10)22-34(30)39(33,11)35-31-19-24(36(2,3)4)13-15-27(31)28-16-14-25(20-32(28)35)37(5,6)7;;;/h13-16,19-20,22-23,29,33,35H,12,17-18,21H2,1-11H3;2*1H;/q;;;+2/p-2. The zero-order valence-electron chi connectivity index (χ0n) is 27.9. The maximum atomic E-state index is 2.71. The van der Waals surface area contributed by atoms with Crippen LogP contribution in [0.25, 0.3) is 11.1 Å². The Morgan fingerprint density at radius 2 is 1.21 bits per heavy atom. The summed E-state index contributed by atoms with van der Waals surface area (Å²) >= 11 is 0. The van der Waals surface area contributed by atoms with Gasteiger partial charge in [0.25, 0.3) is 0 Å². The molecule has 0 heterocycles. The summed E-state index contributed by atoms with van der Waals surface area (Å²) in [5.41, 5.74) is 14.9. The maximum Gasteiger partial charge on any atom is 2.00 e. The van der Waals surface area contributed by atoms with Crippen molar-refractivity contribution in [3.8, 4) is 11.1 Å². The van der Waals surface area contributed by atoms with Gasteiger partial charge in [-0.15, -0.1) is 0 Å². The summed E-state index contributed by atoms with van der Waals surface area (Å²) in [6.07, 6.45) is 8.04. The van der Waals surface area contributed by atoms with Crippen LogP contribution in [0.4, 0.5) is 0 Å². The minimum atomic E-state index is 0. The fourth-order valence-corrected chi connectivity index (χ4v) is 8.83. The van der Waals surface area contributed by atoms with Crippen LogP contribution in [0.1, 0.15) is 130 Å². The Kier molecular flexibility index (Phi) is 9.93. The molecule has 0 radical (unpaired) electrons. The molecule has 6 rings (SSSR count). The van der Waals surface area contributed by atoms with Crippen molar-refractivity contribution in [3.05, 3.63) is 81.4 Å². The Morgan fingerprint density at radius 1 is 0.714 bits per heavy atom. The summed E-state index contributed by atoms with van der Waals surface area (Å²) in [6, 6.07) is 15.0. The van der Waals surface area contributed by atoms with Crippen molar-refractivity contribution in [2.24, 2.45) is 28.6 Å². The molecule has 0 N–H and O–H groups in total. The molecule has 4 atom stereocenters. The Morgan fingerprint density at radius 3 is 1.67 bits per heavy atom. The molecule has 42 heavy (non-hydrogen) atoms. The van der Waals surface area contributed by atoms with Crippen LogP contribution in [-0.4, -0.2) is 0 Å². The van der Waals surface area contributed by atoms with E-state index < -0.39 is 0 Å². The average Bonchev–Trinajstić information content (AvgIpc) is 3.47. The Bertz CT molecular complexity index is 1340. The molecule has 4 unspecified atom stereocenters. The molecule has 1 fully saturated rings. The molecule has 0 nitrogen and oxygen atoms in total. The molecular weight excluding hydrogens is 631 g/mol. The second kappa shape index (κ2) is 11.6. The first-order chi connectivity index (χ1) is 18.0. The molecule has 0 amide bonds. The van der Waals surface area contributed by atoms with Gasteiger partial charge >= 0.3 is 26.2 Å². The van der Waals surface area contributed by atoms with E-state index in [0.29, 0.717) is 5.92 Å². The Balaban J connectivity index is 0.00000161. The number of halogens is 2. The van der Waals surface area contributed by atoms with Crippen molar-refractivity contribution in [2.75, 3.05) is 0 Å². The molecule has 0 aromatic heterocycles. The van der Waals surface area contributed by atoms with Gasteiger partial charge in [-0.1, -0.05) is 136 Å². The minimum Gasteiger partial charge on any atom is -1.00 e. The van der Waals surface area contributed by atoms with Crippen LogP contribution in [0.15, 0.2) is 59.2 Å². The summed E-state index contributed by atoms with van der Waals surface area (Å²) in [4.78, 5) is 0. The minimum absolute atomic E-state index is 0. The SMILES string of the molecule is CC1CCC2C(C1)C1=C(C=C(C(C)(C)C)C1)C2(C)C1c2cc(C(C)(C)C)ccc2-c2ccc(C(C)(C)C)cc21.[Cl-].[Cl-].[Zr+2]. The first-order valence-corrected chi connectivity index (χ1v) is 15.7. The maximum absolute atomic E-state index is 2.71. The normalized spacial score (nSPS) is 26.7. The van der Waals surface area contributed by atoms with Crippen LogP contribution < -0.4 is 24.8 Å². The average molecular weight is 683 g/mol. The van der Waals surface area contributed by atoms with Crippen LogP contribution in [0.5, 0.6) is 0 Å². The van der Waals surface area contributed by atoms with Crippen molar-refractivity contribution in [3.63, 3.8) is 0 Å². The van der Waals surface area contributed by atoms with E-state index in [1.165, 1.54) is 47.9 Å². The largest absolute Gasteiger partial charge is 2.00 e. The summed E-state index contributed by atoms with van der Waals surface area (Å²) in [5.74, 6) is 2.73. The molecule has 0 saturated heterocycles. The molecule has 2 aromatic rings. The molecule has 226 valence electrons. The van der Waals surface area contributed by atoms with Crippen molar-refractivity contribution in [1.29, 1.82) is 0 Å². The number of fused-ring (bicyclic) bond motifs is 5. The summed E-state index contributed by atoms with van der Waals surface area (Å²) in [5, 5.41) is 0. The van der Waals surface area contributed by atoms with E-state index in [1.54, 1.807) is 22.3 Å². The summed E-state index contributed by atoms with van der Waals surface area (Å²) in [6.45, 7) is 26.7. The first kappa shape index (κ1) is 35.9. The first-order valence-electron chi connectivity index (χ1n) is 15.7. The number of hydrogen-bond donors (Lipinski definition) is 0. The van der Waals surface area contributed by atoms with Crippen LogP contribution in [0.2, 0.25) is 0 Å². The van der Waals surface area contributed by atoms with E-state index in [0.717, 1.165) is 17.8 Å². The molecule has 1 saturated carbocycles. The van der Waals surface area contributed by atoms with Gasteiger partial charge in [-0.25, -0.2) is 0 Å². The number of allylic oxidation sites excluding steroid dienone is 4. The molecule has 3 heteroatoms. The number of hydrogen-bond acceptors (Lipinski definition) is 0. The molecule has 0 bridgehead atoms. The van der Waals surface area contributed by atoms with Crippen molar-refractivity contribution in [2.45, 2.75) is 119 Å². The van der Waals surface area contributed by atoms with E-state index in [1.807, 2.05) is 5.57 Å². The Labute approximate surface area is 288 Å². The molecule has 0 spiro atoms. The second-order valence-corrected chi connectivity index (χ2v) is 17.0. The van der Waals surface area contributed by atoms with Gasteiger partial charge in [-0.3, -0.25) is 0 Å². The smallest absolute Gasteiger partial charge is 1.00 e. The predicted octanol–water partition coefficient (Wildman–Crippen LogP) is 5.14. The van der Waals surface area contributed by atoms with Gasteiger partial charge in [0, 0.05) is 11.3 Å². The monoisotopic (exact) mass is 680 g/mol. The molecule has 2 aromatic carbocycles. The van der Waals surface area contributed by atoms with Gasteiger partial charge < -0.3 is 24.8 Å². The summed E-state index contributed by atoms with van der Waals surface area (Å²) < 4.78 is 0. The van der Waals surface area contributed by atoms with Gasteiger partial charge in [0.1, 0.15) is 0 Å². The van der Waals surface area contributed by atoms with E-state index in [-0.39, 0.29) is 72.7 Å². The van der Waals surface area contributed by atoms with E-state index in [2.05, 4.69) is 119 Å². The van der Waals surface area contributed by atoms with Crippen LogP contribution in [-0.2, 0) is 37.0 Å². The molecule has 4 aliphatic carbocycles. The van der Waals surface area contributed by atoms with Gasteiger partial charge in [0.15, 0.2) is 0 Å². The third-order valence-electron chi connectivity index (χ3n) is 11.3. The third-order valence-corrected chi connectivity index (χ3v) is 11.3. The predicted molar refractivity (Wildman–Crippen MR) is 168 cm³/mol. The van der Waals surface area contributed by atoms with Gasteiger partial charge in [-0.2, -0.15) is 0 Å². The Hall–Kier alpha value is -0.617. The number of rotatable bonds is 1. The van der Waals surface area contributed by atoms with Gasteiger partial charge in [-0.05, 0) is 92.2 Å². The van der Waals surface area contributed by atoms with E-state index >= 15 is 0 Å². The van der Waals surface area contributed by atoms with Crippen LogP contribution in [0, 0.1) is 28.6 Å². The zero-order chi connectivity index (χ0) is 28.3. The third kappa shape index (κ3) is 5.54. The zero-order valence-corrected chi connectivity index (χ0v) is 31.9. The molecule has 0 aliphatic heterocycles. The van der Waals surface area contributed by atoms with Gasteiger partial charge in [0.05, 0.1) is 0 Å². The number of benzene rings is 2. The van der Waals surface area contributed by atoms with E-state index in [4.69, 9.17) is 0 Å².